The Hall–Kier alpha value is -3.12. The van der Waals surface area contributed by atoms with Crippen molar-refractivity contribution in [2.75, 3.05) is 12.8 Å². The molecule has 0 radical (unpaired) electrons. The fraction of sp³-hybridized carbons (Fsp3) is 0.263. The predicted octanol–water partition coefficient (Wildman–Crippen LogP) is 3.18. The second kappa shape index (κ2) is 6.49. The number of aromatic nitrogens is 2. The maximum absolute atomic E-state index is 14.8. The van der Waals surface area contributed by atoms with Crippen LogP contribution in [0, 0.1) is 17.1 Å². The number of hydrogen-bond donors (Lipinski definition) is 1. The minimum atomic E-state index is -3.76. The summed E-state index contributed by atoms with van der Waals surface area (Å²) in [6, 6.07) is 6.07. The third-order valence-corrected chi connectivity index (χ3v) is 6.95. The molecular formula is C19H19FN4O3S. The molecule has 0 amide bonds. The summed E-state index contributed by atoms with van der Waals surface area (Å²) in [5.74, 6) is -0.643. The van der Waals surface area contributed by atoms with Crippen LogP contribution in [0.5, 0.6) is 5.75 Å². The lowest BCUT2D eigenvalue weighted by Gasteiger charge is -2.21. The van der Waals surface area contributed by atoms with Crippen LogP contribution in [0.25, 0.3) is 16.9 Å². The maximum Gasteiger partial charge on any atom is 0.188 e. The molecule has 3 rings (SSSR count). The number of hydrogen-bond acceptors (Lipinski definition) is 6. The SMILES string of the molecule is COc1cc2ncc(-c3ccc(N)c(C#N)c3F)n2cc1S(=O)(=O)C(C)(C)C. The van der Waals surface area contributed by atoms with E-state index in [1.807, 2.05) is 0 Å². The lowest BCUT2D eigenvalue weighted by Crippen LogP contribution is -2.28. The van der Waals surface area contributed by atoms with Gasteiger partial charge in [-0.15, -0.1) is 0 Å². The molecule has 1 aromatic carbocycles. The summed E-state index contributed by atoms with van der Waals surface area (Å²) in [6.45, 7) is 4.75. The molecule has 0 saturated carbocycles. The second-order valence-corrected chi connectivity index (χ2v) is 9.87. The smallest absolute Gasteiger partial charge is 0.188 e. The van der Waals surface area contributed by atoms with E-state index in [0.29, 0.717) is 5.65 Å². The Morgan fingerprint density at radius 3 is 2.57 bits per heavy atom. The molecule has 2 heterocycles. The lowest BCUT2D eigenvalue weighted by atomic mass is 10.1. The van der Waals surface area contributed by atoms with Gasteiger partial charge in [-0.2, -0.15) is 5.26 Å². The average molecular weight is 402 g/mol. The number of rotatable bonds is 3. The first-order valence-corrected chi connectivity index (χ1v) is 9.79. The molecule has 2 N–H and O–H groups in total. The highest BCUT2D eigenvalue weighted by Crippen LogP contribution is 2.35. The van der Waals surface area contributed by atoms with E-state index in [9.17, 15) is 12.8 Å². The molecule has 0 spiro atoms. The van der Waals surface area contributed by atoms with E-state index in [4.69, 9.17) is 15.7 Å². The van der Waals surface area contributed by atoms with Gasteiger partial charge < -0.3 is 10.5 Å². The van der Waals surface area contributed by atoms with E-state index in [1.54, 1.807) is 26.8 Å². The normalized spacial score (nSPS) is 12.1. The lowest BCUT2D eigenvalue weighted by molar-refractivity contribution is 0.401. The Balaban J connectivity index is 2.36. The van der Waals surface area contributed by atoms with Crippen molar-refractivity contribution in [3.05, 3.63) is 42.0 Å². The van der Waals surface area contributed by atoms with Gasteiger partial charge in [0.15, 0.2) is 15.7 Å². The second-order valence-electron chi connectivity index (χ2n) is 7.20. The molecular weight excluding hydrogens is 383 g/mol. The number of halogens is 1. The molecule has 7 nitrogen and oxygen atoms in total. The summed E-state index contributed by atoms with van der Waals surface area (Å²) >= 11 is 0. The van der Waals surface area contributed by atoms with E-state index in [1.165, 1.54) is 42.1 Å². The van der Waals surface area contributed by atoms with Gasteiger partial charge >= 0.3 is 0 Å². The fourth-order valence-electron chi connectivity index (χ4n) is 2.78. The summed E-state index contributed by atoms with van der Waals surface area (Å²) in [6.07, 6.45) is 2.76. The monoisotopic (exact) mass is 402 g/mol. The molecule has 0 aliphatic heterocycles. The topological polar surface area (TPSA) is 110 Å². The highest BCUT2D eigenvalue weighted by Gasteiger charge is 2.34. The Bertz CT molecular complexity index is 1230. The molecule has 0 bridgehead atoms. The minimum absolute atomic E-state index is 0.0234. The van der Waals surface area contributed by atoms with Crippen LogP contribution in [-0.2, 0) is 9.84 Å². The minimum Gasteiger partial charge on any atom is -0.495 e. The quantitative estimate of drug-likeness (QED) is 0.674. The van der Waals surface area contributed by atoms with Crippen LogP contribution in [0.4, 0.5) is 10.1 Å². The largest absolute Gasteiger partial charge is 0.495 e. The van der Waals surface area contributed by atoms with Crippen molar-refractivity contribution in [1.29, 1.82) is 5.26 Å². The number of benzene rings is 1. The molecule has 0 unspecified atom stereocenters. The summed E-state index contributed by atoms with van der Waals surface area (Å²) < 4.78 is 46.5. The van der Waals surface area contributed by atoms with E-state index < -0.39 is 20.4 Å². The van der Waals surface area contributed by atoms with E-state index in [-0.39, 0.29) is 33.2 Å². The van der Waals surface area contributed by atoms with Gasteiger partial charge in [0.25, 0.3) is 0 Å². The average Bonchev–Trinajstić information content (AvgIpc) is 3.03. The molecule has 28 heavy (non-hydrogen) atoms. The summed E-state index contributed by atoms with van der Waals surface area (Å²) in [5, 5.41) is 9.15. The van der Waals surface area contributed by atoms with Crippen LogP contribution in [-0.4, -0.2) is 29.7 Å². The molecule has 0 atom stereocenters. The van der Waals surface area contributed by atoms with Crippen molar-refractivity contribution in [3.63, 3.8) is 0 Å². The van der Waals surface area contributed by atoms with Crippen molar-refractivity contribution in [2.45, 2.75) is 30.4 Å². The number of nitrogens with two attached hydrogens (primary N) is 1. The summed E-state index contributed by atoms with van der Waals surface area (Å²) in [4.78, 5) is 4.18. The molecule has 0 aliphatic carbocycles. The third kappa shape index (κ3) is 2.86. The van der Waals surface area contributed by atoms with Gasteiger partial charge in [-0.3, -0.25) is 4.40 Å². The Morgan fingerprint density at radius 2 is 2.00 bits per heavy atom. The summed E-state index contributed by atoms with van der Waals surface area (Å²) in [7, 11) is -2.39. The van der Waals surface area contributed by atoms with Crippen LogP contribution in [0.3, 0.4) is 0 Å². The Labute approximate surface area is 162 Å². The van der Waals surface area contributed by atoms with Crippen LogP contribution in [0.1, 0.15) is 26.3 Å². The number of fused-ring (bicyclic) bond motifs is 1. The van der Waals surface area contributed by atoms with Crippen LogP contribution in [0.2, 0.25) is 0 Å². The zero-order valence-corrected chi connectivity index (χ0v) is 16.6. The molecule has 146 valence electrons. The molecule has 3 aromatic rings. The number of anilines is 1. The van der Waals surface area contributed by atoms with E-state index >= 15 is 0 Å². The van der Waals surface area contributed by atoms with Crippen LogP contribution in [0.15, 0.2) is 35.5 Å². The molecule has 0 aliphatic rings. The molecule has 9 heteroatoms. The summed E-state index contributed by atoms with van der Waals surface area (Å²) in [5.41, 5.74) is 6.15. The predicted molar refractivity (Wildman–Crippen MR) is 103 cm³/mol. The number of ether oxygens (including phenoxy) is 1. The van der Waals surface area contributed by atoms with Crippen molar-refractivity contribution < 1.29 is 17.5 Å². The van der Waals surface area contributed by atoms with Crippen LogP contribution < -0.4 is 10.5 Å². The number of nitrogen functional groups attached to an aromatic ring is 1. The first-order valence-electron chi connectivity index (χ1n) is 8.31. The van der Waals surface area contributed by atoms with Gasteiger partial charge in [0.1, 0.15) is 27.9 Å². The van der Waals surface area contributed by atoms with Gasteiger partial charge in [0, 0.05) is 17.8 Å². The number of methoxy groups -OCH3 is 1. The van der Waals surface area contributed by atoms with Gasteiger partial charge in [0.2, 0.25) is 0 Å². The van der Waals surface area contributed by atoms with Crippen molar-refractivity contribution >= 4 is 21.2 Å². The number of imidazole rings is 1. The zero-order chi connectivity index (χ0) is 20.9. The van der Waals surface area contributed by atoms with Crippen molar-refractivity contribution in [1.82, 2.24) is 9.38 Å². The van der Waals surface area contributed by atoms with Crippen molar-refractivity contribution in [2.24, 2.45) is 0 Å². The first-order chi connectivity index (χ1) is 13.0. The fourth-order valence-corrected chi connectivity index (χ4v) is 4.09. The van der Waals surface area contributed by atoms with Crippen LogP contribution >= 0.6 is 0 Å². The van der Waals surface area contributed by atoms with Crippen molar-refractivity contribution in [3.8, 4) is 23.1 Å². The zero-order valence-electron chi connectivity index (χ0n) is 15.8. The standard InChI is InChI=1S/C19H19FN4O3S/c1-19(2,3)28(25,26)16-10-24-14(9-23-17(24)7-15(16)27-4)11-5-6-13(22)12(8-21)18(11)20/h5-7,9-10H,22H2,1-4H3. The third-order valence-electron chi connectivity index (χ3n) is 4.45. The van der Waals surface area contributed by atoms with Gasteiger partial charge in [-0.1, -0.05) is 0 Å². The van der Waals surface area contributed by atoms with E-state index in [0.717, 1.165) is 0 Å². The highest BCUT2D eigenvalue weighted by atomic mass is 32.2. The Morgan fingerprint density at radius 1 is 1.32 bits per heavy atom. The number of pyridine rings is 1. The highest BCUT2D eigenvalue weighted by molar-refractivity contribution is 7.92. The van der Waals surface area contributed by atoms with Gasteiger partial charge in [-0.25, -0.2) is 17.8 Å². The number of sulfone groups is 1. The number of nitriles is 1. The first kappa shape index (κ1) is 19.6. The van der Waals surface area contributed by atoms with E-state index in [2.05, 4.69) is 4.98 Å². The van der Waals surface area contributed by atoms with Gasteiger partial charge in [-0.05, 0) is 32.9 Å². The molecule has 0 fully saturated rings. The maximum atomic E-state index is 14.8. The van der Waals surface area contributed by atoms with Gasteiger partial charge in [0.05, 0.1) is 29.4 Å². The molecule has 2 aromatic heterocycles. The molecule has 0 saturated heterocycles. The number of nitrogens with zero attached hydrogens (tertiary/aromatic N) is 3. The Kier molecular flexibility index (Phi) is 4.55.